The molecule has 0 spiro atoms. The van der Waals surface area contributed by atoms with E-state index < -0.39 is 40.1 Å². The number of ether oxygens (including phenoxy) is 1. The van der Waals surface area contributed by atoms with Gasteiger partial charge in [-0.3, -0.25) is 10.1 Å². The van der Waals surface area contributed by atoms with E-state index >= 15 is 0 Å². The quantitative estimate of drug-likeness (QED) is 0.263. The second kappa shape index (κ2) is 8.01. The highest BCUT2D eigenvalue weighted by molar-refractivity contribution is 5.68. The van der Waals surface area contributed by atoms with Crippen LogP contribution in [0.25, 0.3) is 16.8 Å². The van der Waals surface area contributed by atoms with Gasteiger partial charge in [0.15, 0.2) is 17.7 Å². The molecule has 8 nitrogen and oxygen atoms in total. The van der Waals surface area contributed by atoms with E-state index in [4.69, 9.17) is 4.74 Å². The van der Waals surface area contributed by atoms with E-state index in [1.54, 1.807) is 18.2 Å². The molecule has 166 valence electrons. The Morgan fingerprint density at radius 3 is 2.55 bits per heavy atom. The van der Waals surface area contributed by atoms with Gasteiger partial charge in [-0.15, -0.1) is 5.10 Å². The predicted molar refractivity (Wildman–Crippen MR) is 109 cm³/mol. The van der Waals surface area contributed by atoms with E-state index in [2.05, 4.69) is 15.5 Å². The van der Waals surface area contributed by atoms with Crippen molar-refractivity contribution in [2.75, 3.05) is 0 Å². The van der Waals surface area contributed by atoms with Crippen molar-refractivity contribution in [2.24, 2.45) is 0 Å². The third-order valence-electron chi connectivity index (χ3n) is 5.50. The summed E-state index contributed by atoms with van der Waals surface area (Å²) in [5.41, 5.74) is 2.45. The first-order valence-electron chi connectivity index (χ1n) is 9.82. The zero-order chi connectivity index (χ0) is 23.1. The number of hydrogen-bond acceptors (Lipinski definition) is 6. The summed E-state index contributed by atoms with van der Waals surface area (Å²) in [5, 5.41) is 22.8. The van der Waals surface area contributed by atoms with Crippen molar-refractivity contribution in [3.8, 4) is 22.6 Å². The van der Waals surface area contributed by atoms with Gasteiger partial charge in [-0.25, -0.2) is 17.9 Å². The van der Waals surface area contributed by atoms with Gasteiger partial charge in [-0.2, -0.15) is 0 Å². The first kappa shape index (κ1) is 20.6. The summed E-state index contributed by atoms with van der Waals surface area (Å²) in [6.07, 6.45) is -0.0260. The SMILES string of the molecule is O=[N+]([O-])C1Cc2cc(-c3cccc(-n4cnnn4)c3)ccc2OC1c1cc(F)c(F)cc1F. The van der Waals surface area contributed by atoms with Gasteiger partial charge in [0.1, 0.15) is 17.9 Å². The van der Waals surface area contributed by atoms with Crippen LogP contribution in [-0.2, 0) is 6.42 Å². The van der Waals surface area contributed by atoms with Crippen molar-refractivity contribution in [3.63, 3.8) is 0 Å². The van der Waals surface area contributed by atoms with Crippen LogP contribution in [0.4, 0.5) is 13.2 Å². The largest absolute Gasteiger partial charge is 0.478 e. The van der Waals surface area contributed by atoms with E-state index in [9.17, 15) is 23.3 Å². The van der Waals surface area contributed by atoms with Gasteiger partial charge in [0.2, 0.25) is 0 Å². The standard InChI is InChI=1S/C22H14F3N5O3/c23-17-10-19(25)18(24)9-16(17)22-20(30(31)32)8-14-6-13(4-5-21(14)33-22)12-2-1-3-15(7-12)29-11-26-27-28-29/h1-7,9-11,20,22H,8H2. The van der Waals surface area contributed by atoms with Crippen LogP contribution in [0.15, 0.2) is 60.9 Å². The van der Waals surface area contributed by atoms with E-state index in [0.717, 1.165) is 16.8 Å². The van der Waals surface area contributed by atoms with Gasteiger partial charge in [-0.05, 0) is 51.9 Å². The third kappa shape index (κ3) is 3.77. The molecule has 0 aliphatic carbocycles. The first-order valence-corrected chi connectivity index (χ1v) is 9.82. The zero-order valence-electron chi connectivity index (χ0n) is 16.7. The van der Waals surface area contributed by atoms with Crippen molar-refractivity contribution in [1.82, 2.24) is 20.2 Å². The molecule has 0 fully saturated rings. The number of tetrazole rings is 1. The fourth-order valence-corrected chi connectivity index (χ4v) is 3.90. The average Bonchev–Trinajstić information content (AvgIpc) is 3.35. The number of nitro groups is 1. The molecule has 0 radical (unpaired) electrons. The summed E-state index contributed by atoms with van der Waals surface area (Å²) in [4.78, 5) is 11.2. The zero-order valence-corrected chi connectivity index (χ0v) is 16.7. The number of hydrogen-bond donors (Lipinski definition) is 0. The molecular weight excluding hydrogens is 439 g/mol. The van der Waals surface area contributed by atoms with E-state index in [0.29, 0.717) is 23.4 Å². The number of nitrogens with zero attached hydrogens (tertiary/aromatic N) is 5. The first-order chi connectivity index (χ1) is 15.9. The van der Waals surface area contributed by atoms with Crippen molar-refractivity contribution >= 4 is 0 Å². The van der Waals surface area contributed by atoms with Crippen LogP contribution in [-0.4, -0.2) is 31.2 Å². The maximum Gasteiger partial charge on any atom is 0.257 e. The summed E-state index contributed by atoms with van der Waals surface area (Å²) in [7, 11) is 0. The lowest BCUT2D eigenvalue weighted by Gasteiger charge is -2.29. The number of rotatable bonds is 4. The molecule has 2 heterocycles. The summed E-state index contributed by atoms with van der Waals surface area (Å²) in [5.74, 6) is -3.48. The third-order valence-corrected chi connectivity index (χ3v) is 5.50. The monoisotopic (exact) mass is 453 g/mol. The van der Waals surface area contributed by atoms with E-state index in [-0.39, 0.29) is 6.42 Å². The van der Waals surface area contributed by atoms with Crippen LogP contribution in [0.2, 0.25) is 0 Å². The van der Waals surface area contributed by atoms with E-state index in [1.807, 2.05) is 24.3 Å². The maximum atomic E-state index is 14.3. The number of fused-ring (bicyclic) bond motifs is 1. The Balaban J connectivity index is 1.51. The van der Waals surface area contributed by atoms with Crippen molar-refractivity contribution in [2.45, 2.75) is 18.6 Å². The van der Waals surface area contributed by atoms with Gasteiger partial charge in [-0.1, -0.05) is 18.2 Å². The minimum absolute atomic E-state index is 0.0774. The molecule has 0 saturated heterocycles. The minimum atomic E-state index is -1.41. The topological polar surface area (TPSA) is 96.0 Å². The average molecular weight is 453 g/mol. The fourth-order valence-electron chi connectivity index (χ4n) is 3.90. The molecule has 0 amide bonds. The minimum Gasteiger partial charge on any atom is -0.478 e. The molecule has 1 aliphatic rings. The summed E-state index contributed by atoms with van der Waals surface area (Å²) in [6, 6.07) is 12.1. The highest BCUT2D eigenvalue weighted by Gasteiger charge is 2.41. The summed E-state index contributed by atoms with van der Waals surface area (Å²) < 4.78 is 48.7. The molecule has 11 heteroatoms. The Labute approximate surface area is 184 Å². The Morgan fingerprint density at radius 2 is 1.79 bits per heavy atom. The number of aromatic nitrogens is 4. The van der Waals surface area contributed by atoms with Crippen LogP contribution >= 0.6 is 0 Å². The van der Waals surface area contributed by atoms with Crippen LogP contribution in [0, 0.1) is 27.6 Å². The fraction of sp³-hybridized carbons (Fsp3) is 0.136. The van der Waals surface area contributed by atoms with Crippen LogP contribution in [0.1, 0.15) is 17.2 Å². The highest BCUT2D eigenvalue weighted by atomic mass is 19.2. The van der Waals surface area contributed by atoms with Crippen molar-refractivity contribution in [3.05, 3.63) is 99.6 Å². The van der Waals surface area contributed by atoms with Gasteiger partial charge >= 0.3 is 0 Å². The lowest BCUT2D eigenvalue weighted by Crippen LogP contribution is -2.37. The smallest absolute Gasteiger partial charge is 0.257 e. The second-order valence-corrected chi connectivity index (χ2v) is 7.51. The van der Waals surface area contributed by atoms with E-state index in [1.165, 1.54) is 11.0 Å². The molecule has 0 saturated carbocycles. The molecule has 1 aromatic heterocycles. The molecule has 2 atom stereocenters. The molecule has 5 rings (SSSR count). The van der Waals surface area contributed by atoms with Gasteiger partial charge in [0, 0.05) is 28.5 Å². The van der Waals surface area contributed by atoms with Crippen molar-refractivity contribution < 1.29 is 22.8 Å². The van der Waals surface area contributed by atoms with Crippen molar-refractivity contribution in [1.29, 1.82) is 0 Å². The highest BCUT2D eigenvalue weighted by Crippen LogP contribution is 2.39. The molecule has 4 aromatic rings. The molecule has 33 heavy (non-hydrogen) atoms. The molecule has 3 aromatic carbocycles. The Hall–Kier alpha value is -4.28. The van der Waals surface area contributed by atoms with Gasteiger partial charge in [0.05, 0.1) is 5.69 Å². The number of benzene rings is 3. The lowest BCUT2D eigenvalue weighted by molar-refractivity contribution is -0.535. The van der Waals surface area contributed by atoms with Gasteiger partial charge < -0.3 is 4.74 Å². The summed E-state index contributed by atoms with van der Waals surface area (Å²) in [6.45, 7) is 0. The molecule has 0 N–H and O–H groups in total. The normalized spacial score (nSPS) is 17.3. The number of halogens is 3. The lowest BCUT2D eigenvalue weighted by atomic mass is 9.91. The second-order valence-electron chi connectivity index (χ2n) is 7.51. The maximum absolute atomic E-state index is 14.3. The van der Waals surface area contributed by atoms with Crippen LogP contribution in [0.3, 0.4) is 0 Å². The van der Waals surface area contributed by atoms with Crippen LogP contribution in [0.5, 0.6) is 5.75 Å². The Kier molecular flexibility index (Phi) is 5.00. The molecule has 2 unspecified atom stereocenters. The molecular formula is C22H14F3N5O3. The molecule has 1 aliphatic heterocycles. The predicted octanol–water partition coefficient (Wildman–Crippen LogP) is 4.07. The van der Waals surface area contributed by atoms with Gasteiger partial charge in [0.25, 0.3) is 6.04 Å². The molecule has 0 bridgehead atoms. The Morgan fingerprint density at radius 1 is 1.00 bits per heavy atom. The summed E-state index contributed by atoms with van der Waals surface area (Å²) >= 11 is 0. The Bertz CT molecular complexity index is 1360. The van der Waals surface area contributed by atoms with Crippen LogP contribution < -0.4 is 4.74 Å².